The van der Waals surface area contributed by atoms with Gasteiger partial charge in [0.1, 0.15) is 0 Å². The van der Waals surface area contributed by atoms with E-state index >= 15 is 0 Å². The Morgan fingerprint density at radius 3 is 1.71 bits per heavy atom. The van der Waals surface area contributed by atoms with Gasteiger partial charge in [-0.05, 0) is 10.4 Å². The summed E-state index contributed by atoms with van der Waals surface area (Å²) >= 11 is 0. The second-order valence-corrected chi connectivity index (χ2v) is 0.736. The molecule has 0 saturated carbocycles. The van der Waals surface area contributed by atoms with Gasteiger partial charge in [-0.25, -0.2) is 0 Å². The SMILES string of the molecule is [O-]N1N=NN([O-])O1. The molecule has 0 unspecified atom stereocenters. The van der Waals surface area contributed by atoms with E-state index in [0.29, 0.717) is 0 Å². The van der Waals surface area contributed by atoms with Gasteiger partial charge in [-0.15, -0.1) is 4.94 Å². The van der Waals surface area contributed by atoms with Crippen LogP contribution in [-0.4, -0.2) is 10.7 Å². The van der Waals surface area contributed by atoms with Gasteiger partial charge < -0.3 is 10.4 Å². The van der Waals surface area contributed by atoms with Crippen LogP contribution in [0.4, 0.5) is 0 Å². The molecule has 1 rings (SSSR count). The predicted octanol–water partition coefficient (Wildman–Crippen LogP) is -0.272. The molecule has 40 valence electrons. The molecule has 0 radical (unpaired) electrons. The highest BCUT2D eigenvalue weighted by Crippen LogP contribution is 2.03. The lowest BCUT2D eigenvalue weighted by molar-refractivity contribution is -0.241. The molecule has 1 aliphatic rings. The zero-order valence-corrected chi connectivity index (χ0v) is 3.01. The number of hydrogen-bond donors (Lipinski definition) is 0. The van der Waals surface area contributed by atoms with Crippen molar-refractivity contribution < 1.29 is 4.94 Å². The predicted molar refractivity (Wildman–Crippen MR) is 16.4 cm³/mol. The third-order valence-corrected chi connectivity index (χ3v) is 0.326. The molecule has 7 nitrogen and oxygen atoms in total. The Labute approximate surface area is 37.8 Å². The maximum Gasteiger partial charge on any atom is -0.0339 e. The minimum Gasteiger partial charge on any atom is -0.713 e. The smallest absolute Gasteiger partial charge is 0.0339 e. The highest BCUT2D eigenvalue weighted by molar-refractivity contribution is 4.33. The minimum atomic E-state index is -0.299. The zero-order chi connectivity index (χ0) is 5.28. The zero-order valence-electron chi connectivity index (χ0n) is 3.01. The average Bonchev–Trinajstić information content (AvgIpc) is 1.87. The van der Waals surface area contributed by atoms with Gasteiger partial charge in [-0.2, -0.15) is 10.7 Å². The molecule has 0 aromatic heterocycles. The van der Waals surface area contributed by atoms with Crippen molar-refractivity contribution in [2.45, 2.75) is 0 Å². The molecule has 0 amide bonds. The first-order valence-electron chi connectivity index (χ1n) is 1.33. The van der Waals surface area contributed by atoms with Gasteiger partial charge in [0.25, 0.3) is 0 Å². The average molecular weight is 104 g/mol. The van der Waals surface area contributed by atoms with Gasteiger partial charge in [0.05, 0.1) is 0 Å². The normalized spacial score (nSPS) is 19.1. The van der Waals surface area contributed by atoms with Crippen molar-refractivity contribution in [3.8, 4) is 0 Å². The molecule has 0 aromatic carbocycles. The Morgan fingerprint density at radius 2 is 1.57 bits per heavy atom. The summed E-state index contributed by atoms with van der Waals surface area (Å²) in [5.41, 5.74) is 0. The van der Waals surface area contributed by atoms with Crippen LogP contribution >= 0.6 is 0 Å². The van der Waals surface area contributed by atoms with Crippen LogP contribution in [0.25, 0.3) is 0 Å². The third-order valence-electron chi connectivity index (χ3n) is 0.326. The second kappa shape index (κ2) is 1.30. The fourth-order valence-corrected chi connectivity index (χ4v) is 0.158. The van der Waals surface area contributed by atoms with E-state index in [4.69, 9.17) is 0 Å². The van der Waals surface area contributed by atoms with E-state index < -0.39 is 0 Å². The van der Waals surface area contributed by atoms with Gasteiger partial charge >= 0.3 is 0 Å². The number of rotatable bonds is 0. The summed E-state index contributed by atoms with van der Waals surface area (Å²) in [6.45, 7) is 0. The van der Waals surface area contributed by atoms with E-state index in [1.165, 1.54) is 0 Å². The van der Waals surface area contributed by atoms with E-state index in [1.807, 2.05) is 0 Å². The first kappa shape index (κ1) is 4.24. The summed E-state index contributed by atoms with van der Waals surface area (Å²) in [6.07, 6.45) is 0. The van der Waals surface area contributed by atoms with Gasteiger partial charge in [0, 0.05) is 0 Å². The molecule has 0 N–H and O–H groups in total. The van der Waals surface area contributed by atoms with Crippen molar-refractivity contribution in [2.75, 3.05) is 0 Å². The molecule has 1 aliphatic heterocycles. The topological polar surface area (TPSA) is 86.5 Å². The van der Waals surface area contributed by atoms with Crippen LogP contribution in [-0.2, 0) is 4.94 Å². The van der Waals surface area contributed by atoms with Crippen LogP contribution in [0.2, 0.25) is 0 Å². The fraction of sp³-hybridized carbons (Fsp3) is 0. The van der Waals surface area contributed by atoms with Crippen LogP contribution in [0.1, 0.15) is 0 Å². The molecular weight excluding hydrogens is 104 g/mol. The van der Waals surface area contributed by atoms with Crippen LogP contribution < -0.4 is 0 Å². The monoisotopic (exact) mass is 104 g/mol. The van der Waals surface area contributed by atoms with Crippen LogP contribution in [0.5, 0.6) is 0 Å². The lowest BCUT2D eigenvalue weighted by Gasteiger charge is -2.19. The van der Waals surface area contributed by atoms with Crippen LogP contribution in [0.15, 0.2) is 10.4 Å². The highest BCUT2D eigenvalue weighted by Gasteiger charge is 1.95. The molecule has 7 heteroatoms. The first-order valence-corrected chi connectivity index (χ1v) is 1.33. The van der Waals surface area contributed by atoms with Gasteiger partial charge in [0.2, 0.25) is 0 Å². The minimum absolute atomic E-state index is 0.299. The Kier molecular flexibility index (Phi) is 0.785. The number of nitrogens with zero attached hydrogens (tertiary/aromatic N) is 4. The molecule has 0 aromatic rings. The van der Waals surface area contributed by atoms with Crippen molar-refractivity contribution in [3.63, 3.8) is 0 Å². The lowest BCUT2D eigenvalue weighted by Crippen LogP contribution is -2.10. The third kappa shape index (κ3) is 0.738. The van der Waals surface area contributed by atoms with Gasteiger partial charge in [-0.1, -0.05) is 0 Å². The highest BCUT2D eigenvalue weighted by atomic mass is 17.1. The van der Waals surface area contributed by atoms with Gasteiger partial charge in [-0.3, -0.25) is 0 Å². The van der Waals surface area contributed by atoms with Crippen LogP contribution in [0.3, 0.4) is 0 Å². The van der Waals surface area contributed by atoms with Crippen molar-refractivity contribution >= 4 is 0 Å². The van der Waals surface area contributed by atoms with E-state index in [1.54, 1.807) is 0 Å². The lowest BCUT2D eigenvalue weighted by atomic mass is 12.5. The maximum atomic E-state index is 9.65. The molecule has 7 heavy (non-hydrogen) atoms. The van der Waals surface area contributed by atoms with E-state index in [9.17, 15) is 10.4 Å². The Balaban J connectivity index is 2.42. The molecular formula is N4O3-2. The number of hydrogen-bond acceptors (Lipinski definition) is 7. The van der Waals surface area contributed by atoms with Gasteiger partial charge in [0.15, 0.2) is 0 Å². The standard InChI is InChI=1S/N4O3/c5-3-1-2-4(6)7-3/q-2. The fourth-order valence-electron chi connectivity index (χ4n) is 0.158. The second-order valence-electron chi connectivity index (χ2n) is 0.736. The first-order chi connectivity index (χ1) is 3.29. The largest absolute Gasteiger partial charge is 0.713 e. The summed E-state index contributed by atoms with van der Waals surface area (Å²) < 4.78 is 0. The van der Waals surface area contributed by atoms with Crippen molar-refractivity contribution in [1.82, 2.24) is 10.7 Å². The summed E-state index contributed by atoms with van der Waals surface area (Å²) in [7, 11) is 0. The summed E-state index contributed by atoms with van der Waals surface area (Å²) in [5.74, 6) is 0. The van der Waals surface area contributed by atoms with Crippen LogP contribution in [0, 0.1) is 10.4 Å². The molecule has 0 fully saturated rings. The van der Waals surface area contributed by atoms with E-state index in [-0.39, 0.29) is 10.7 Å². The molecule has 0 atom stereocenters. The summed E-state index contributed by atoms with van der Waals surface area (Å²) in [4.78, 5) is 3.58. The molecule has 0 spiro atoms. The van der Waals surface area contributed by atoms with Crippen molar-refractivity contribution in [1.29, 1.82) is 0 Å². The Hall–Kier alpha value is -0.920. The van der Waals surface area contributed by atoms with Crippen molar-refractivity contribution in [2.24, 2.45) is 10.4 Å². The quantitative estimate of drug-likeness (QED) is 0.422. The van der Waals surface area contributed by atoms with E-state index in [0.717, 1.165) is 0 Å². The molecule has 0 aliphatic carbocycles. The summed E-state index contributed by atoms with van der Waals surface area (Å²) in [6, 6.07) is 0. The summed E-state index contributed by atoms with van der Waals surface area (Å²) in [5, 5.41) is 23.9. The Bertz CT molecular complexity index is 78.9. The van der Waals surface area contributed by atoms with E-state index in [2.05, 4.69) is 15.4 Å². The molecule has 0 bridgehead atoms. The maximum absolute atomic E-state index is 9.65. The molecule has 0 saturated heterocycles. The Morgan fingerprint density at radius 1 is 1.14 bits per heavy atom. The molecule has 1 heterocycles. The van der Waals surface area contributed by atoms with Crippen molar-refractivity contribution in [3.05, 3.63) is 10.4 Å².